The third kappa shape index (κ3) is 2.43. The fourth-order valence-electron chi connectivity index (χ4n) is 3.17. The maximum absolute atomic E-state index is 12.9. The van der Waals surface area contributed by atoms with Gasteiger partial charge in [0.15, 0.2) is 0 Å². The van der Waals surface area contributed by atoms with E-state index in [0.717, 1.165) is 4.90 Å². The van der Waals surface area contributed by atoms with E-state index in [0.29, 0.717) is 17.0 Å². The number of hydrogen-bond acceptors (Lipinski definition) is 6. The van der Waals surface area contributed by atoms with Crippen LogP contribution >= 0.6 is 0 Å². The number of nitro groups is 1. The van der Waals surface area contributed by atoms with Gasteiger partial charge in [-0.1, -0.05) is 23.4 Å². The summed E-state index contributed by atoms with van der Waals surface area (Å²) in [6.45, 7) is 0. The molecule has 2 aliphatic heterocycles. The number of benzene rings is 2. The lowest BCUT2D eigenvalue weighted by Gasteiger charge is -2.19. The molecule has 0 aromatic heterocycles. The lowest BCUT2D eigenvalue weighted by atomic mass is 9.92. The zero-order chi connectivity index (χ0) is 18.3. The first-order valence-electron chi connectivity index (χ1n) is 7.92. The van der Waals surface area contributed by atoms with Crippen LogP contribution in [0.2, 0.25) is 0 Å². The molecule has 1 spiro atoms. The molecule has 0 N–H and O–H groups in total. The molecule has 1 fully saturated rings. The van der Waals surface area contributed by atoms with Crippen molar-refractivity contribution in [3.8, 4) is 0 Å². The van der Waals surface area contributed by atoms with Crippen LogP contribution in [-0.4, -0.2) is 28.1 Å². The number of imide groups is 1. The van der Waals surface area contributed by atoms with Crippen molar-refractivity contribution in [2.24, 2.45) is 5.16 Å². The van der Waals surface area contributed by atoms with E-state index in [1.807, 2.05) is 0 Å². The van der Waals surface area contributed by atoms with Gasteiger partial charge in [-0.05, 0) is 29.8 Å². The Hall–Kier alpha value is -3.55. The molecule has 0 radical (unpaired) electrons. The molecule has 4 rings (SSSR count). The number of nitrogens with zero attached hydrogens (tertiary/aromatic N) is 3. The van der Waals surface area contributed by atoms with E-state index in [-0.39, 0.29) is 24.4 Å². The molecule has 2 aromatic carbocycles. The second-order valence-electron chi connectivity index (χ2n) is 6.15. The monoisotopic (exact) mass is 351 g/mol. The maximum Gasteiger partial charge on any atom is 0.281 e. The van der Waals surface area contributed by atoms with Gasteiger partial charge in [0.2, 0.25) is 11.5 Å². The van der Waals surface area contributed by atoms with Crippen LogP contribution < -0.4 is 4.90 Å². The average Bonchev–Trinajstić information content (AvgIpc) is 3.17. The Balaban J connectivity index is 1.58. The summed E-state index contributed by atoms with van der Waals surface area (Å²) >= 11 is 0. The third-order valence-corrected chi connectivity index (χ3v) is 4.49. The lowest BCUT2D eigenvalue weighted by Crippen LogP contribution is -2.40. The highest BCUT2D eigenvalue weighted by atomic mass is 16.7. The van der Waals surface area contributed by atoms with Crippen molar-refractivity contribution in [1.29, 1.82) is 0 Å². The number of para-hydroxylation sites is 1. The molecule has 130 valence electrons. The number of hydrogen-bond donors (Lipinski definition) is 0. The summed E-state index contributed by atoms with van der Waals surface area (Å²) in [5.41, 5.74) is 0.211. The first kappa shape index (κ1) is 15.9. The topological polar surface area (TPSA) is 102 Å². The Labute approximate surface area is 147 Å². The van der Waals surface area contributed by atoms with Crippen LogP contribution in [0.25, 0.3) is 0 Å². The largest absolute Gasteiger partial charge is 0.378 e. The van der Waals surface area contributed by atoms with E-state index in [4.69, 9.17) is 4.84 Å². The summed E-state index contributed by atoms with van der Waals surface area (Å²) in [6.07, 6.45) is 0.0411. The van der Waals surface area contributed by atoms with Gasteiger partial charge >= 0.3 is 0 Å². The minimum atomic E-state index is -1.34. The minimum absolute atomic E-state index is 0.0367. The van der Waals surface area contributed by atoms with E-state index < -0.39 is 16.4 Å². The van der Waals surface area contributed by atoms with Crippen LogP contribution in [0, 0.1) is 10.1 Å². The molecule has 0 aliphatic carbocycles. The molecule has 2 aliphatic rings. The number of carbonyl (C=O) groups is 2. The summed E-state index contributed by atoms with van der Waals surface area (Å²) in [5, 5.41) is 14.7. The van der Waals surface area contributed by atoms with Gasteiger partial charge < -0.3 is 4.84 Å². The molecular formula is C18H13N3O5. The summed E-state index contributed by atoms with van der Waals surface area (Å²) in [4.78, 5) is 42.1. The minimum Gasteiger partial charge on any atom is -0.378 e. The summed E-state index contributed by atoms with van der Waals surface area (Å²) in [7, 11) is 0. The quantitative estimate of drug-likeness (QED) is 0.480. The van der Waals surface area contributed by atoms with Crippen LogP contribution in [0.4, 0.5) is 11.4 Å². The number of nitro benzene ring substituents is 1. The molecule has 8 heteroatoms. The van der Waals surface area contributed by atoms with Crippen LogP contribution in [0.5, 0.6) is 0 Å². The number of non-ortho nitro benzene ring substituents is 1. The molecule has 2 aromatic rings. The van der Waals surface area contributed by atoms with E-state index in [1.54, 1.807) is 42.5 Å². The molecule has 0 bridgehead atoms. The van der Waals surface area contributed by atoms with E-state index >= 15 is 0 Å². The average molecular weight is 351 g/mol. The van der Waals surface area contributed by atoms with Crippen molar-refractivity contribution in [2.75, 3.05) is 4.90 Å². The van der Waals surface area contributed by atoms with Gasteiger partial charge in [0.05, 0.1) is 22.7 Å². The van der Waals surface area contributed by atoms with Crippen molar-refractivity contribution in [3.05, 3.63) is 70.3 Å². The first-order valence-corrected chi connectivity index (χ1v) is 7.92. The number of oxime groups is 1. The smallest absolute Gasteiger partial charge is 0.281 e. The van der Waals surface area contributed by atoms with Crippen LogP contribution in [0.15, 0.2) is 59.8 Å². The molecule has 2 heterocycles. The Morgan fingerprint density at radius 1 is 1.04 bits per heavy atom. The molecule has 2 amide bonds. The summed E-state index contributed by atoms with van der Waals surface area (Å²) in [6, 6.07) is 14.5. The lowest BCUT2D eigenvalue weighted by molar-refractivity contribution is -0.384. The van der Waals surface area contributed by atoms with Gasteiger partial charge in [-0.15, -0.1) is 0 Å². The SMILES string of the molecule is O=C1C[C@@]2(CC(c3ccc([N+](=O)[O-])cc3)=NO2)C(=O)N1c1ccccc1. The predicted molar refractivity (Wildman–Crippen MR) is 91.6 cm³/mol. The Morgan fingerprint density at radius 3 is 2.38 bits per heavy atom. The number of anilines is 1. The van der Waals surface area contributed by atoms with E-state index in [2.05, 4.69) is 5.16 Å². The fourth-order valence-corrected chi connectivity index (χ4v) is 3.17. The Morgan fingerprint density at radius 2 is 1.73 bits per heavy atom. The number of rotatable bonds is 3. The summed E-state index contributed by atoms with van der Waals surface area (Å²) in [5.74, 6) is -0.796. The molecule has 0 saturated carbocycles. The zero-order valence-corrected chi connectivity index (χ0v) is 13.5. The van der Waals surface area contributed by atoms with Gasteiger partial charge in [-0.3, -0.25) is 19.7 Å². The zero-order valence-electron chi connectivity index (χ0n) is 13.5. The van der Waals surface area contributed by atoms with Crippen LogP contribution in [-0.2, 0) is 14.4 Å². The van der Waals surface area contributed by atoms with Gasteiger partial charge in [0, 0.05) is 18.6 Å². The number of carbonyl (C=O) groups excluding carboxylic acids is 2. The Kier molecular flexibility index (Phi) is 3.54. The van der Waals surface area contributed by atoms with Gasteiger partial charge in [-0.2, -0.15) is 0 Å². The normalized spacial score (nSPS) is 21.8. The fraction of sp³-hybridized carbons (Fsp3) is 0.167. The molecule has 0 unspecified atom stereocenters. The van der Waals surface area contributed by atoms with Crippen LogP contribution in [0.3, 0.4) is 0 Å². The first-order chi connectivity index (χ1) is 12.5. The van der Waals surface area contributed by atoms with Crippen molar-refractivity contribution in [3.63, 3.8) is 0 Å². The van der Waals surface area contributed by atoms with Crippen molar-refractivity contribution in [2.45, 2.75) is 18.4 Å². The highest BCUT2D eigenvalue weighted by Gasteiger charge is 2.58. The maximum atomic E-state index is 12.9. The summed E-state index contributed by atoms with van der Waals surface area (Å²) < 4.78 is 0. The van der Waals surface area contributed by atoms with Gasteiger partial charge in [0.1, 0.15) is 0 Å². The van der Waals surface area contributed by atoms with E-state index in [9.17, 15) is 19.7 Å². The van der Waals surface area contributed by atoms with Crippen LogP contribution in [0.1, 0.15) is 18.4 Å². The standard InChI is InChI=1S/C18H13N3O5/c22-16-11-18(17(23)20(16)13-4-2-1-3-5-13)10-15(19-26-18)12-6-8-14(9-7-12)21(24)25/h1-9H,10-11H2/t18-/m0/s1. The van der Waals surface area contributed by atoms with Gasteiger partial charge in [-0.25, -0.2) is 4.90 Å². The number of amides is 2. The second-order valence-corrected chi connectivity index (χ2v) is 6.15. The highest BCUT2D eigenvalue weighted by Crippen LogP contribution is 2.39. The molecule has 1 atom stereocenters. The predicted octanol–water partition coefficient (Wildman–Crippen LogP) is 2.42. The molecule has 8 nitrogen and oxygen atoms in total. The molecule has 1 saturated heterocycles. The highest BCUT2D eigenvalue weighted by molar-refractivity contribution is 6.25. The second kappa shape index (κ2) is 5.76. The molecular weight excluding hydrogens is 338 g/mol. The third-order valence-electron chi connectivity index (χ3n) is 4.49. The van der Waals surface area contributed by atoms with E-state index in [1.165, 1.54) is 12.1 Å². The van der Waals surface area contributed by atoms with Crippen molar-refractivity contribution >= 4 is 28.9 Å². The van der Waals surface area contributed by atoms with Gasteiger partial charge in [0.25, 0.3) is 11.6 Å². The van der Waals surface area contributed by atoms with Crippen molar-refractivity contribution in [1.82, 2.24) is 0 Å². The van der Waals surface area contributed by atoms with Crippen molar-refractivity contribution < 1.29 is 19.3 Å². The molecule has 26 heavy (non-hydrogen) atoms. The Bertz CT molecular complexity index is 939.